The molecule has 0 spiro atoms. The third-order valence-electron chi connectivity index (χ3n) is 5.02. The van der Waals surface area contributed by atoms with Crippen molar-refractivity contribution in [3.8, 4) is 0 Å². The Balaban J connectivity index is 1.65. The van der Waals surface area contributed by atoms with Crippen LogP contribution < -0.4 is 10.6 Å². The fourth-order valence-corrected chi connectivity index (χ4v) is 3.63. The van der Waals surface area contributed by atoms with Crippen LogP contribution >= 0.6 is 0 Å². The monoisotopic (exact) mass is 346 g/mol. The molecule has 8 heteroatoms. The highest BCUT2D eigenvalue weighted by atomic mass is 16.2. The number of nitrogens with two attached hydrogens (primary N) is 1. The molecule has 0 aromatic carbocycles. The van der Waals surface area contributed by atoms with E-state index < -0.39 is 0 Å². The van der Waals surface area contributed by atoms with Gasteiger partial charge in [0.1, 0.15) is 12.1 Å². The molecule has 136 valence electrons. The first-order chi connectivity index (χ1) is 12.0. The van der Waals surface area contributed by atoms with Crippen molar-refractivity contribution in [1.29, 1.82) is 0 Å². The fourth-order valence-electron chi connectivity index (χ4n) is 3.63. The number of amides is 2. The zero-order valence-electron chi connectivity index (χ0n) is 14.9. The molecule has 1 saturated heterocycles. The molecule has 1 aromatic rings. The van der Waals surface area contributed by atoms with Gasteiger partial charge in [0.2, 0.25) is 11.8 Å². The van der Waals surface area contributed by atoms with Crippen LogP contribution in [0.1, 0.15) is 24.1 Å². The maximum Gasteiger partial charge on any atom is 0.236 e. The molecular formula is C17H26N6O2. The Morgan fingerprint density at radius 3 is 2.84 bits per heavy atom. The van der Waals surface area contributed by atoms with Crippen molar-refractivity contribution in [3.05, 3.63) is 17.6 Å². The lowest BCUT2D eigenvalue weighted by Gasteiger charge is -2.34. The van der Waals surface area contributed by atoms with E-state index in [-0.39, 0.29) is 17.7 Å². The number of rotatable bonds is 4. The molecule has 2 aliphatic rings. The van der Waals surface area contributed by atoms with Gasteiger partial charge in [0.15, 0.2) is 0 Å². The molecular weight excluding hydrogens is 320 g/mol. The highest BCUT2D eigenvalue weighted by molar-refractivity contribution is 5.81. The first kappa shape index (κ1) is 17.6. The molecule has 3 rings (SSSR count). The van der Waals surface area contributed by atoms with Gasteiger partial charge in [-0.3, -0.25) is 14.5 Å². The van der Waals surface area contributed by atoms with Crippen molar-refractivity contribution in [2.24, 2.45) is 11.7 Å². The summed E-state index contributed by atoms with van der Waals surface area (Å²) in [5.74, 6) is 0.456. The van der Waals surface area contributed by atoms with Crippen molar-refractivity contribution in [1.82, 2.24) is 19.8 Å². The number of hydrogen-bond acceptors (Lipinski definition) is 6. The van der Waals surface area contributed by atoms with Crippen LogP contribution in [0.15, 0.2) is 6.33 Å². The summed E-state index contributed by atoms with van der Waals surface area (Å²) in [5.41, 5.74) is 7.57. The Kier molecular flexibility index (Phi) is 5.17. The van der Waals surface area contributed by atoms with Crippen LogP contribution in [0.3, 0.4) is 0 Å². The van der Waals surface area contributed by atoms with Crippen LogP contribution in [-0.2, 0) is 22.6 Å². The molecule has 1 aromatic heterocycles. The van der Waals surface area contributed by atoms with Crippen LogP contribution in [0.5, 0.6) is 0 Å². The number of aromatic nitrogens is 2. The lowest BCUT2D eigenvalue weighted by Crippen LogP contribution is -2.48. The first-order valence-electron chi connectivity index (χ1n) is 8.75. The molecule has 1 fully saturated rings. The molecule has 25 heavy (non-hydrogen) atoms. The van der Waals surface area contributed by atoms with E-state index in [2.05, 4.69) is 14.9 Å². The molecule has 0 unspecified atom stereocenters. The highest BCUT2D eigenvalue weighted by Crippen LogP contribution is 2.24. The van der Waals surface area contributed by atoms with Gasteiger partial charge in [-0.1, -0.05) is 0 Å². The molecule has 3 heterocycles. The summed E-state index contributed by atoms with van der Waals surface area (Å²) >= 11 is 0. The molecule has 2 N–H and O–H groups in total. The van der Waals surface area contributed by atoms with Crippen LogP contribution in [-0.4, -0.2) is 71.9 Å². The summed E-state index contributed by atoms with van der Waals surface area (Å²) in [7, 11) is 3.93. The summed E-state index contributed by atoms with van der Waals surface area (Å²) in [6.45, 7) is 2.98. The summed E-state index contributed by atoms with van der Waals surface area (Å²) in [6.07, 6.45) is 4.03. The van der Waals surface area contributed by atoms with E-state index in [4.69, 9.17) is 5.73 Å². The Bertz CT molecular complexity index is 663. The first-order valence-corrected chi connectivity index (χ1v) is 8.75. The summed E-state index contributed by atoms with van der Waals surface area (Å²) in [6, 6.07) is 0. The van der Waals surface area contributed by atoms with Gasteiger partial charge in [-0.25, -0.2) is 9.97 Å². The molecule has 8 nitrogen and oxygen atoms in total. The van der Waals surface area contributed by atoms with Crippen LogP contribution in [0.4, 0.5) is 5.82 Å². The van der Waals surface area contributed by atoms with Gasteiger partial charge in [0.25, 0.3) is 0 Å². The van der Waals surface area contributed by atoms with Crippen LogP contribution in [0.25, 0.3) is 0 Å². The Morgan fingerprint density at radius 2 is 2.12 bits per heavy atom. The van der Waals surface area contributed by atoms with Gasteiger partial charge in [-0.05, 0) is 12.8 Å². The van der Waals surface area contributed by atoms with Gasteiger partial charge >= 0.3 is 0 Å². The average Bonchev–Trinajstić information content (AvgIpc) is 2.61. The van der Waals surface area contributed by atoms with E-state index in [0.29, 0.717) is 26.2 Å². The summed E-state index contributed by atoms with van der Waals surface area (Å²) < 4.78 is 0. The smallest absolute Gasteiger partial charge is 0.236 e. The van der Waals surface area contributed by atoms with Gasteiger partial charge in [0, 0.05) is 52.3 Å². The minimum atomic E-state index is -0.308. The molecule has 0 radical (unpaired) electrons. The number of fused-ring (bicyclic) bond motifs is 1. The number of carbonyl (C=O) groups excluding carboxylic acids is 2. The van der Waals surface area contributed by atoms with Crippen LogP contribution in [0, 0.1) is 5.92 Å². The molecule has 0 bridgehead atoms. The van der Waals surface area contributed by atoms with Crippen molar-refractivity contribution in [3.63, 3.8) is 0 Å². The highest BCUT2D eigenvalue weighted by Gasteiger charge is 2.29. The normalized spacial score (nSPS) is 20.9. The second-order valence-electron chi connectivity index (χ2n) is 7.06. The molecule has 2 amide bonds. The number of nitrogens with zero attached hydrogens (tertiary/aromatic N) is 5. The minimum Gasteiger partial charge on any atom is -0.369 e. The number of primary amides is 1. The van der Waals surface area contributed by atoms with Gasteiger partial charge < -0.3 is 15.5 Å². The van der Waals surface area contributed by atoms with E-state index >= 15 is 0 Å². The van der Waals surface area contributed by atoms with Gasteiger partial charge in [0.05, 0.1) is 18.2 Å². The number of piperidine rings is 1. The number of likely N-dealkylation sites (tertiary alicyclic amines) is 1. The van der Waals surface area contributed by atoms with Crippen molar-refractivity contribution < 1.29 is 9.59 Å². The van der Waals surface area contributed by atoms with E-state index in [9.17, 15) is 9.59 Å². The largest absolute Gasteiger partial charge is 0.369 e. The molecule has 2 aliphatic heterocycles. The van der Waals surface area contributed by atoms with Gasteiger partial charge in [-0.2, -0.15) is 0 Å². The van der Waals surface area contributed by atoms with E-state index in [1.54, 1.807) is 11.2 Å². The number of hydrogen-bond donors (Lipinski definition) is 1. The van der Waals surface area contributed by atoms with E-state index in [1.165, 1.54) is 0 Å². The Labute approximate surface area is 148 Å². The van der Waals surface area contributed by atoms with Crippen molar-refractivity contribution in [2.75, 3.05) is 45.2 Å². The predicted octanol–water partition coefficient (Wildman–Crippen LogP) is -0.375. The average molecular weight is 346 g/mol. The molecule has 1 atom stereocenters. The minimum absolute atomic E-state index is 0.0673. The topological polar surface area (TPSA) is 95.7 Å². The Hall–Kier alpha value is -2.22. The standard InChI is InChI=1S/C17H26N6O2/c1-21(2)17-13-9-22(7-5-14(13)19-11-20-17)10-15(24)23-6-3-4-12(8-23)16(18)25/h11-12H,3-10H2,1-2H3,(H2,18,25)/t12-/m0/s1. The van der Waals surface area contributed by atoms with Gasteiger partial charge in [-0.15, -0.1) is 0 Å². The predicted molar refractivity (Wildman–Crippen MR) is 93.8 cm³/mol. The lowest BCUT2D eigenvalue weighted by atomic mass is 9.97. The zero-order valence-corrected chi connectivity index (χ0v) is 14.9. The van der Waals surface area contributed by atoms with Crippen molar-refractivity contribution >= 4 is 17.6 Å². The molecule has 0 aliphatic carbocycles. The van der Waals surface area contributed by atoms with E-state index in [0.717, 1.165) is 42.9 Å². The fraction of sp³-hybridized carbons (Fsp3) is 0.647. The number of carbonyl (C=O) groups is 2. The lowest BCUT2D eigenvalue weighted by molar-refractivity contribution is -0.136. The summed E-state index contributed by atoms with van der Waals surface area (Å²) in [5, 5.41) is 0. The van der Waals surface area contributed by atoms with Crippen molar-refractivity contribution in [2.45, 2.75) is 25.8 Å². The zero-order chi connectivity index (χ0) is 18.0. The quantitative estimate of drug-likeness (QED) is 0.799. The SMILES string of the molecule is CN(C)c1ncnc2c1CN(CC(=O)N1CCC[C@H](C(N)=O)C1)CC2. The molecule has 0 saturated carbocycles. The Morgan fingerprint density at radius 1 is 1.32 bits per heavy atom. The van der Waals surface area contributed by atoms with Crippen LogP contribution in [0.2, 0.25) is 0 Å². The second kappa shape index (κ2) is 7.35. The van der Waals surface area contributed by atoms with E-state index in [1.807, 2.05) is 19.0 Å². The third-order valence-corrected chi connectivity index (χ3v) is 5.02. The third kappa shape index (κ3) is 3.89. The second-order valence-corrected chi connectivity index (χ2v) is 7.06. The maximum atomic E-state index is 12.7. The summed E-state index contributed by atoms with van der Waals surface area (Å²) in [4.78, 5) is 38.7. The number of anilines is 1. The maximum absolute atomic E-state index is 12.7.